The predicted octanol–water partition coefficient (Wildman–Crippen LogP) is 4.85. The number of halogens is 3. The zero-order valence-electron chi connectivity index (χ0n) is 14.8. The Hall–Kier alpha value is -1.27. The molecule has 1 heterocycles. The summed E-state index contributed by atoms with van der Waals surface area (Å²) in [4.78, 5) is 13.6. The van der Waals surface area contributed by atoms with Crippen molar-refractivity contribution in [2.45, 2.75) is 23.0 Å². The van der Waals surface area contributed by atoms with Crippen molar-refractivity contribution in [2.75, 3.05) is 19.6 Å². The van der Waals surface area contributed by atoms with E-state index in [1.54, 1.807) is 12.1 Å². The lowest BCUT2D eigenvalue weighted by Gasteiger charge is -2.24. The molecule has 146 valence electrons. The van der Waals surface area contributed by atoms with E-state index in [0.29, 0.717) is 12.5 Å². The van der Waals surface area contributed by atoms with Gasteiger partial charge in [-0.2, -0.15) is 0 Å². The van der Waals surface area contributed by atoms with E-state index in [4.69, 9.17) is 11.6 Å². The molecule has 0 spiro atoms. The predicted molar refractivity (Wildman–Crippen MR) is 112 cm³/mol. The number of piperidine rings is 1. The molecule has 2 N–H and O–H groups in total. The van der Waals surface area contributed by atoms with Crippen LogP contribution in [0.15, 0.2) is 53.4 Å². The van der Waals surface area contributed by atoms with Crippen molar-refractivity contribution < 1.29 is 9.18 Å². The minimum absolute atomic E-state index is 0. The summed E-state index contributed by atoms with van der Waals surface area (Å²) in [5, 5.41) is 6.11. The van der Waals surface area contributed by atoms with Crippen LogP contribution in [0.2, 0.25) is 5.02 Å². The minimum Gasteiger partial charge on any atom is -0.355 e. The van der Waals surface area contributed by atoms with Crippen LogP contribution in [0.25, 0.3) is 0 Å². The normalized spacial score (nSPS) is 17.6. The molecule has 1 aliphatic rings. The summed E-state index contributed by atoms with van der Waals surface area (Å²) in [7, 11) is 0. The summed E-state index contributed by atoms with van der Waals surface area (Å²) < 4.78 is 13.4. The van der Waals surface area contributed by atoms with Crippen LogP contribution in [0.3, 0.4) is 0 Å². The first kappa shape index (κ1) is 22.0. The molecule has 0 saturated carbocycles. The summed E-state index contributed by atoms with van der Waals surface area (Å²) in [6.45, 7) is 2.66. The van der Waals surface area contributed by atoms with Gasteiger partial charge in [-0.05, 0) is 55.6 Å². The van der Waals surface area contributed by atoms with E-state index in [9.17, 15) is 9.18 Å². The molecule has 2 atom stereocenters. The highest BCUT2D eigenvalue weighted by Crippen LogP contribution is 2.37. The highest BCUT2D eigenvalue weighted by Gasteiger charge is 2.23. The summed E-state index contributed by atoms with van der Waals surface area (Å²) >= 11 is 7.27. The number of benzene rings is 2. The van der Waals surface area contributed by atoms with Crippen LogP contribution in [0.5, 0.6) is 0 Å². The lowest BCUT2D eigenvalue weighted by Crippen LogP contribution is -2.39. The summed E-state index contributed by atoms with van der Waals surface area (Å²) in [6.07, 6.45) is 2.27. The van der Waals surface area contributed by atoms with Crippen molar-refractivity contribution in [3.63, 3.8) is 0 Å². The second-order valence-electron chi connectivity index (χ2n) is 6.44. The van der Waals surface area contributed by atoms with Gasteiger partial charge in [0.25, 0.3) is 0 Å². The van der Waals surface area contributed by atoms with E-state index in [-0.39, 0.29) is 23.3 Å². The molecule has 2 aromatic rings. The zero-order valence-corrected chi connectivity index (χ0v) is 17.2. The van der Waals surface area contributed by atoms with Crippen LogP contribution >= 0.6 is 35.8 Å². The number of thioether (sulfide) groups is 1. The van der Waals surface area contributed by atoms with E-state index < -0.39 is 11.1 Å². The number of hydrogen-bond donors (Lipinski definition) is 2. The Balaban J connectivity index is 0.00000261. The SMILES string of the molecule is Cl.O=C(NCC1CCCNC1)C(Sc1ccc(F)c(Cl)c1)c1ccccc1. The molecule has 7 heteroatoms. The van der Waals surface area contributed by atoms with Crippen molar-refractivity contribution in [1.82, 2.24) is 10.6 Å². The quantitative estimate of drug-likeness (QED) is 0.645. The lowest BCUT2D eigenvalue weighted by atomic mass is 9.99. The molecule has 1 saturated heterocycles. The Labute approximate surface area is 174 Å². The molecule has 3 nitrogen and oxygen atoms in total. The highest BCUT2D eigenvalue weighted by molar-refractivity contribution is 8.00. The van der Waals surface area contributed by atoms with Crippen molar-refractivity contribution >= 4 is 41.7 Å². The van der Waals surface area contributed by atoms with Crippen molar-refractivity contribution in [2.24, 2.45) is 5.92 Å². The van der Waals surface area contributed by atoms with Gasteiger partial charge in [-0.1, -0.05) is 41.9 Å². The van der Waals surface area contributed by atoms with Crippen LogP contribution < -0.4 is 10.6 Å². The molecule has 0 aromatic heterocycles. The topological polar surface area (TPSA) is 41.1 Å². The molecule has 27 heavy (non-hydrogen) atoms. The largest absolute Gasteiger partial charge is 0.355 e. The van der Waals surface area contributed by atoms with Crippen LogP contribution in [0.4, 0.5) is 4.39 Å². The summed E-state index contributed by atoms with van der Waals surface area (Å²) in [5.74, 6) is -0.0249. The molecule has 1 fully saturated rings. The monoisotopic (exact) mass is 428 g/mol. The van der Waals surface area contributed by atoms with Crippen LogP contribution in [-0.4, -0.2) is 25.5 Å². The van der Waals surface area contributed by atoms with Gasteiger partial charge in [-0.25, -0.2) is 4.39 Å². The van der Waals surface area contributed by atoms with Gasteiger partial charge in [-0.15, -0.1) is 24.2 Å². The van der Waals surface area contributed by atoms with E-state index in [1.165, 1.54) is 17.8 Å². The van der Waals surface area contributed by atoms with Crippen molar-refractivity contribution in [3.8, 4) is 0 Å². The Bertz CT molecular complexity index is 742. The average Bonchev–Trinajstić information content (AvgIpc) is 2.68. The Morgan fingerprint density at radius 1 is 1.30 bits per heavy atom. The van der Waals surface area contributed by atoms with Crippen molar-refractivity contribution in [1.29, 1.82) is 0 Å². The first-order chi connectivity index (χ1) is 12.6. The molecule has 0 radical (unpaired) electrons. The fraction of sp³-hybridized carbons (Fsp3) is 0.350. The minimum atomic E-state index is -0.457. The molecule has 2 aromatic carbocycles. The number of nitrogens with one attached hydrogen (secondary N) is 2. The summed E-state index contributed by atoms with van der Waals surface area (Å²) in [5.41, 5.74) is 0.914. The van der Waals surface area contributed by atoms with E-state index >= 15 is 0 Å². The maximum Gasteiger partial charge on any atom is 0.238 e. The number of amides is 1. The van der Waals surface area contributed by atoms with Crippen LogP contribution in [0, 0.1) is 11.7 Å². The molecule has 2 unspecified atom stereocenters. The van der Waals surface area contributed by atoms with Gasteiger partial charge in [0.1, 0.15) is 11.1 Å². The lowest BCUT2D eigenvalue weighted by molar-refractivity contribution is -0.120. The third-order valence-corrected chi connectivity index (χ3v) is 5.99. The molecule has 1 aliphatic heterocycles. The molecule has 1 amide bonds. The zero-order chi connectivity index (χ0) is 18.4. The third kappa shape index (κ3) is 6.39. The number of rotatable bonds is 6. The Morgan fingerprint density at radius 3 is 2.74 bits per heavy atom. The smallest absolute Gasteiger partial charge is 0.238 e. The van der Waals surface area contributed by atoms with Gasteiger partial charge in [0.2, 0.25) is 5.91 Å². The van der Waals surface area contributed by atoms with Gasteiger partial charge in [0.15, 0.2) is 0 Å². The van der Waals surface area contributed by atoms with E-state index in [1.807, 2.05) is 30.3 Å². The Morgan fingerprint density at radius 2 is 2.07 bits per heavy atom. The number of hydrogen-bond acceptors (Lipinski definition) is 3. The van der Waals surface area contributed by atoms with Gasteiger partial charge in [0.05, 0.1) is 5.02 Å². The molecular weight excluding hydrogens is 406 g/mol. The molecule has 0 aliphatic carbocycles. The van der Waals surface area contributed by atoms with Crippen molar-refractivity contribution in [3.05, 3.63) is 64.9 Å². The first-order valence-corrected chi connectivity index (χ1v) is 10.0. The first-order valence-electron chi connectivity index (χ1n) is 8.78. The maximum atomic E-state index is 13.4. The second-order valence-corrected chi connectivity index (χ2v) is 8.03. The standard InChI is InChI=1S/C20H22ClFN2OS.ClH/c21-17-11-16(8-9-18(17)22)26-19(15-6-2-1-3-7-15)20(25)24-13-14-5-4-10-23-12-14;/h1-3,6-9,11,14,19,23H,4-5,10,12-13H2,(H,24,25);1H. The maximum absolute atomic E-state index is 13.4. The van der Waals surface area contributed by atoms with Gasteiger partial charge in [-0.3, -0.25) is 4.79 Å². The van der Waals surface area contributed by atoms with Crippen LogP contribution in [-0.2, 0) is 4.79 Å². The third-order valence-electron chi connectivity index (χ3n) is 4.45. The fourth-order valence-electron chi connectivity index (χ4n) is 3.02. The second kappa shape index (κ2) is 10.9. The van der Waals surface area contributed by atoms with Gasteiger partial charge >= 0.3 is 0 Å². The number of carbonyl (C=O) groups is 1. The number of carbonyl (C=O) groups excluding carboxylic acids is 1. The summed E-state index contributed by atoms with van der Waals surface area (Å²) in [6, 6.07) is 14.2. The fourth-order valence-corrected chi connectivity index (χ4v) is 4.36. The highest BCUT2D eigenvalue weighted by atomic mass is 35.5. The van der Waals surface area contributed by atoms with Gasteiger partial charge < -0.3 is 10.6 Å². The average molecular weight is 429 g/mol. The molecule has 0 bridgehead atoms. The van der Waals surface area contributed by atoms with E-state index in [2.05, 4.69) is 10.6 Å². The Kier molecular flexibility index (Phi) is 8.90. The van der Waals surface area contributed by atoms with Crippen LogP contribution in [0.1, 0.15) is 23.7 Å². The van der Waals surface area contributed by atoms with E-state index in [0.717, 1.165) is 36.4 Å². The molecular formula is C20H23Cl2FN2OS. The van der Waals surface area contributed by atoms with Gasteiger partial charge in [0, 0.05) is 11.4 Å². The molecule has 3 rings (SSSR count).